The summed E-state index contributed by atoms with van der Waals surface area (Å²) in [5.41, 5.74) is -0.602. The molecule has 0 aliphatic carbocycles. The van der Waals surface area contributed by atoms with Gasteiger partial charge < -0.3 is 19.4 Å². The topological polar surface area (TPSA) is 107 Å². The highest BCUT2D eigenvalue weighted by Crippen LogP contribution is 2.33. The van der Waals surface area contributed by atoms with Crippen LogP contribution in [0.5, 0.6) is 5.75 Å². The first-order valence-electron chi connectivity index (χ1n) is 13.0. The smallest absolute Gasteiger partial charge is 0.420 e. The number of nitrogens with zero attached hydrogens (tertiary/aromatic N) is 5. The molecule has 13 heteroatoms. The number of amides is 1. The molecule has 2 aromatic heterocycles. The number of carbonyl (C=O) groups excluding carboxylic acids is 1. The Morgan fingerprint density at radius 2 is 1.93 bits per heavy atom. The third-order valence-corrected chi connectivity index (χ3v) is 7.97. The molecule has 0 fully saturated rings. The molecule has 0 atom stereocenters. The number of aromatic nitrogens is 4. The Bertz CT molecular complexity index is 1580. The molecule has 0 unspecified atom stereocenters. The minimum atomic E-state index is -3.84. The molecule has 0 saturated carbocycles. The van der Waals surface area contributed by atoms with Crippen molar-refractivity contribution in [2.45, 2.75) is 57.9 Å². The van der Waals surface area contributed by atoms with Gasteiger partial charge in [-0.1, -0.05) is 19.6 Å². The summed E-state index contributed by atoms with van der Waals surface area (Å²) in [6.45, 7) is 11.6. The van der Waals surface area contributed by atoms with Crippen LogP contribution in [0.15, 0.2) is 48.9 Å². The molecule has 2 aromatic carbocycles. The fourth-order valence-corrected chi connectivity index (χ4v) is 4.97. The van der Waals surface area contributed by atoms with Crippen LogP contribution in [0.1, 0.15) is 35.8 Å². The van der Waals surface area contributed by atoms with Gasteiger partial charge in [-0.05, 0) is 56.3 Å². The SMILES string of the molecule is CC(C)n1cnc2cc(C(=O)Nc3ccc(OC(F)(F)Cl)cc3)cc(-c3nn(COCC[Si](C)(C)C)cc3C#N)c21. The van der Waals surface area contributed by atoms with E-state index in [2.05, 4.69) is 45.8 Å². The lowest BCUT2D eigenvalue weighted by molar-refractivity contribution is -0.0964. The van der Waals surface area contributed by atoms with Crippen molar-refractivity contribution in [3.63, 3.8) is 0 Å². The maximum absolute atomic E-state index is 13.3. The van der Waals surface area contributed by atoms with Crippen LogP contribution < -0.4 is 10.1 Å². The van der Waals surface area contributed by atoms with Gasteiger partial charge in [-0.2, -0.15) is 10.4 Å². The van der Waals surface area contributed by atoms with Crippen LogP contribution in [0.2, 0.25) is 25.7 Å². The van der Waals surface area contributed by atoms with Crippen LogP contribution in [0, 0.1) is 11.3 Å². The maximum atomic E-state index is 13.3. The van der Waals surface area contributed by atoms with Gasteiger partial charge in [-0.15, -0.1) is 8.78 Å². The number of alkyl halides is 3. The Morgan fingerprint density at radius 1 is 1.22 bits per heavy atom. The fraction of sp³-hybridized carbons (Fsp3) is 0.357. The Hall–Kier alpha value is -3.79. The van der Waals surface area contributed by atoms with Crippen LogP contribution in [0.4, 0.5) is 14.5 Å². The summed E-state index contributed by atoms with van der Waals surface area (Å²) in [5.74, 6) is -0.619. The number of carbonyl (C=O) groups is 1. The third-order valence-electron chi connectivity index (χ3n) is 6.19. The average Bonchev–Trinajstić information content (AvgIpc) is 3.50. The predicted octanol–water partition coefficient (Wildman–Crippen LogP) is 7.08. The zero-order valence-electron chi connectivity index (χ0n) is 23.4. The molecule has 4 aromatic rings. The second kappa shape index (κ2) is 12.0. The number of ether oxygens (including phenoxy) is 2. The first-order valence-corrected chi connectivity index (χ1v) is 17.1. The summed E-state index contributed by atoms with van der Waals surface area (Å²) in [7, 11) is -1.25. The van der Waals surface area contributed by atoms with E-state index in [4.69, 9.17) is 16.3 Å². The molecule has 9 nitrogen and oxygen atoms in total. The molecular weight excluding hydrogens is 570 g/mol. The number of rotatable bonds is 11. The monoisotopic (exact) mass is 600 g/mol. The van der Waals surface area contributed by atoms with Gasteiger partial charge in [0.25, 0.3) is 5.91 Å². The van der Waals surface area contributed by atoms with Crippen molar-refractivity contribution < 1.29 is 23.0 Å². The number of nitriles is 1. The van der Waals surface area contributed by atoms with E-state index in [9.17, 15) is 18.8 Å². The first-order chi connectivity index (χ1) is 19.2. The summed E-state index contributed by atoms with van der Waals surface area (Å²) < 4.78 is 39.5. The van der Waals surface area contributed by atoms with E-state index in [-0.39, 0.29) is 24.1 Å². The molecule has 0 aliphatic rings. The molecular formula is C28H31ClF2N6O3Si. The molecule has 0 radical (unpaired) electrons. The van der Waals surface area contributed by atoms with Crippen molar-refractivity contribution in [1.29, 1.82) is 5.26 Å². The molecule has 0 saturated heterocycles. The molecule has 216 valence electrons. The van der Waals surface area contributed by atoms with Crippen molar-refractivity contribution in [3.8, 4) is 23.1 Å². The molecule has 0 bridgehead atoms. The molecule has 1 amide bonds. The lowest BCUT2D eigenvalue weighted by Crippen LogP contribution is -2.22. The zero-order valence-corrected chi connectivity index (χ0v) is 25.2. The Kier molecular flexibility index (Phi) is 8.82. The van der Waals surface area contributed by atoms with Gasteiger partial charge in [-0.3, -0.25) is 4.79 Å². The number of fused-ring (bicyclic) bond motifs is 1. The molecule has 0 aliphatic heterocycles. The van der Waals surface area contributed by atoms with Gasteiger partial charge in [-0.25, -0.2) is 9.67 Å². The Balaban J connectivity index is 1.67. The summed E-state index contributed by atoms with van der Waals surface area (Å²) in [4.78, 5) is 17.8. The maximum Gasteiger partial charge on any atom is 0.487 e. The van der Waals surface area contributed by atoms with E-state index in [0.29, 0.717) is 34.6 Å². The van der Waals surface area contributed by atoms with Crippen molar-refractivity contribution in [2.24, 2.45) is 0 Å². The summed E-state index contributed by atoms with van der Waals surface area (Å²) >= 11 is 4.81. The molecule has 41 heavy (non-hydrogen) atoms. The lowest BCUT2D eigenvalue weighted by atomic mass is 10.0. The number of anilines is 1. The third kappa shape index (κ3) is 7.69. The van der Waals surface area contributed by atoms with Crippen LogP contribution in [0.3, 0.4) is 0 Å². The molecule has 2 heterocycles. The van der Waals surface area contributed by atoms with Crippen LogP contribution in [0.25, 0.3) is 22.3 Å². The number of benzene rings is 2. The molecule has 1 N–H and O–H groups in total. The molecule has 0 spiro atoms. The van der Waals surface area contributed by atoms with Crippen molar-refractivity contribution in [2.75, 3.05) is 11.9 Å². The second-order valence-corrected chi connectivity index (χ2v) is 17.1. The van der Waals surface area contributed by atoms with E-state index in [0.717, 1.165) is 11.6 Å². The zero-order chi connectivity index (χ0) is 29.9. The van der Waals surface area contributed by atoms with Crippen molar-refractivity contribution in [1.82, 2.24) is 19.3 Å². The normalized spacial score (nSPS) is 12.1. The lowest BCUT2D eigenvalue weighted by Gasteiger charge is -2.15. The minimum Gasteiger partial charge on any atom is -0.420 e. The van der Waals surface area contributed by atoms with E-state index in [1.807, 2.05) is 18.4 Å². The van der Waals surface area contributed by atoms with Crippen molar-refractivity contribution >= 4 is 42.3 Å². The van der Waals surface area contributed by atoms with Gasteiger partial charge in [0.2, 0.25) is 0 Å². The van der Waals surface area contributed by atoms with E-state index >= 15 is 0 Å². The highest BCUT2D eigenvalue weighted by molar-refractivity contribution is 6.76. The number of halogens is 3. The number of hydrogen-bond donors (Lipinski definition) is 1. The fourth-order valence-electron chi connectivity index (χ4n) is 4.12. The first kappa shape index (κ1) is 30.2. The largest absolute Gasteiger partial charge is 0.487 e. The molecule has 4 rings (SSSR count). The van der Waals surface area contributed by atoms with Crippen LogP contribution in [-0.2, 0) is 11.5 Å². The van der Waals surface area contributed by atoms with Crippen LogP contribution >= 0.6 is 11.6 Å². The van der Waals surface area contributed by atoms with Gasteiger partial charge in [0.15, 0.2) is 0 Å². The number of hydrogen-bond acceptors (Lipinski definition) is 6. The van der Waals surface area contributed by atoms with Gasteiger partial charge >= 0.3 is 5.57 Å². The van der Waals surface area contributed by atoms with E-state index < -0.39 is 19.5 Å². The summed E-state index contributed by atoms with van der Waals surface area (Å²) in [6.07, 6.45) is 3.32. The van der Waals surface area contributed by atoms with Crippen LogP contribution in [-0.4, -0.2) is 45.5 Å². The predicted molar refractivity (Wildman–Crippen MR) is 156 cm³/mol. The van der Waals surface area contributed by atoms with Crippen molar-refractivity contribution in [3.05, 3.63) is 60.0 Å². The van der Waals surface area contributed by atoms with Gasteiger partial charge in [0.05, 0.1) is 22.9 Å². The Labute approximate surface area is 242 Å². The Morgan fingerprint density at radius 3 is 2.54 bits per heavy atom. The highest BCUT2D eigenvalue weighted by atomic mass is 35.5. The summed E-state index contributed by atoms with van der Waals surface area (Å²) in [5, 5.41) is 17.3. The number of imidazole rings is 1. The van der Waals surface area contributed by atoms with E-state index in [1.54, 1.807) is 29.3 Å². The van der Waals surface area contributed by atoms with Gasteiger partial charge in [0.1, 0.15) is 24.2 Å². The summed E-state index contributed by atoms with van der Waals surface area (Å²) in [6, 6.07) is 12.0. The standard InChI is InChI=1S/C28H31ClF2N6O3Si/c1-18(2)37-16-33-24-13-19(27(38)34-21-6-8-22(9-7-21)40-28(29,30)31)12-23(26(24)37)25-20(14-32)15-36(35-25)17-39-10-11-41(3,4)5/h6-9,12-13,15-16,18H,10-11,17H2,1-5H3,(H,34,38). The average molecular weight is 601 g/mol. The van der Waals surface area contributed by atoms with Gasteiger partial charge in [0, 0.05) is 55.3 Å². The quantitative estimate of drug-likeness (QED) is 0.112. The number of nitrogens with one attached hydrogen (secondary N) is 1. The van der Waals surface area contributed by atoms with E-state index in [1.165, 1.54) is 24.3 Å². The minimum absolute atomic E-state index is 0.0528. The highest BCUT2D eigenvalue weighted by Gasteiger charge is 2.27. The second-order valence-electron chi connectivity index (χ2n) is 11.1.